The molecule has 1 atom stereocenters. The first-order valence-corrected chi connectivity index (χ1v) is 7.44. The Hall–Kier alpha value is -0.640. The zero-order valence-electron chi connectivity index (χ0n) is 9.66. The summed E-state index contributed by atoms with van der Waals surface area (Å²) in [4.78, 5) is 2.89. The summed E-state index contributed by atoms with van der Waals surface area (Å²) in [6.07, 6.45) is 1.16. The molecular weight excluding hydrogens is 294 g/mol. The quantitative estimate of drug-likeness (QED) is 0.832. The van der Waals surface area contributed by atoms with Gasteiger partial charge in [-0.05, 0) is 42.7 Å². The Balaban J connectivity index is 1.97. The number of nitrogens with one attached hydrogen (secondary N) is 1. The predicted molar refractivity (Wildman–Crippen MR) is 77.5 cm³/mol. The fourth-order valence-corrected chi connectivity index (χ4v) is 3.63. The summed E-state index contributed by atoms with van der Waals surface area (Å²) in [5.74, 6) is 0. The molecule has 3 heteroatoms. The molecule has 17 heavy (non-hydrogen) atoms. The third-order valence-corrected chi connectivity index (χ3v) is 4.92. The molecule has 1 N–H and O–H groups in total. The van der Waals surface area contributed by atoms with Gasteiger partial charge in [0.25, 0.3) is 0 Å². The zero-order chi connectivity index (χ0) is 11.8. The first kappa shape index (κ1) is 11.5. The number of hydrogen-bond acceptors (Lipinski definition) is 2. The minimum atomic E-state index is 0.606. The molecule has 0 fully saturated rings. The van der Waals surface area contributed by atoms with Crippen molar-refractivity contribution in [2.45, 2.75) is 25.9 Å². The number of benzene rings is 1. The minimum absolute atomic E-state index is 0.606. The van der Waals surface area contributed by atoms with Gasteiger partial charge in [0.1, 0.15) is 0 Å². The van der Waals surface area contributed by atoms with Crippen LogP contribution in [0.4, 0.5) is 0 Å². The van der Waals surface area contributed by atoms with Gasteiger partial charge < -0.3 is 5.32 Å². The normalized spacial score (nSPS) is 19.1. The number of fused-ring (bicyclic) bond motifs is 1. The molecule has 0 spiro atoms. The van der Waals surface area contributed by atoms with E-state index in [1.165, 1.54) is 20.9 Å². The summed E-state index contributed by atoms with van der Waals surface area (Å²) in [7, 11) is 0. The Morgan fingerprint density at radius 1 is 1.29 bits per heavy atom. The second-order valence-electron chi connectivity index (χ2n) is 4.55. The molecule has 1 aromatic heterocycles. The SMILES string of the molecule is CC1Cc2cc(-c3ccc(Br)cc3)sc2CN1. The van der Waals surface area contributed by atoms with Gasteiger partial charge in [0.15, 0.2) is 0 Å². The lowest BCUT2D eigenvalue weighted by Gasteiger charge is -2.19. The summed E-state index contributed by atoms with van der Waals surface area (Å²) in [6, 6.07) is 11.5. The first-order chi connectivity index (χ1) is 8.22. The molecular formula is C14H14BrNS. The van der Waals surface area contributed by atoms with Crippen molar-refractivity contribution in [2.24, 2.45) is 0 Å². The molecule has 0 saturated carbocycles. The lowest BCUT2D eigenvalue weighted by atomic mass is 10.0. The van der Waals surface area contributed by atoms with Crippen molar-refractivity contribution in [2.75, 3.05) is 0 Å². The van der Waals surface area contributed by atoms with Crippen LogP contribution in [0, 0.1) is 0 Å². The predicted octanol–water partition coefficient (Wildman–Crippen LogP) is 4.21. The molecule has 1 aromatic carbocycles. The van der Waals surface area contributed by atoms with E-state index in [9.17, 15) is 0 Å². The lowest BCUT2D eigenvalue weighted by Crippen LogP contribution is -2.31. The number of hydrogen-bond donors (Lipinski definition) is 1. The van der Waals surface area contributed by atoms with Gasteiger partial charge in [-0.1, -0.05) is 28.1 Å². The van der Waals surface area contributed by atoms with Gasteiger partial charge in [-0.2, -0.15) is 0 Å². The molecule has 88 valence electrons. The van der Waals surface area contributed by atoms with Crippen molar-refractivity contribution in [3.63, 3.8) is 0 Å². The summed E-state index contributed by atoms with van der Waals surface area (Å²) in [5.41, 5.74) is 2.85. The Bertz CT molecular complexity index is 530. The van der Waals surface area contributed by atoms with Crippen molar-refractivity contribution >= 4 is 27.3 Å². The topological polar surface area (TPSA) is 12.0 Å². The fourth-order valence-electron chi connectivity index (χ4n) is 2.21. The second-order valence-corrected chi connectivity index (χ2v) is 6.60. The van der Waals surface area contributed by atoms with E-state index in [0.29, 0.717) is 6.04 Å². The van der Waals surface area contributed by atoms with Crippen LogP contribution in [-0.4, -0.2) is 6.04 Å². The average molecular weight is 308 g/mol. The van der Waals surface area contributed by atoms with Crippen LogP contribution in [0.25, 0.3) is 10.4 Å². The fraction of sp³-hybridized carbons (Fsp3) is 0.286. The Morgan fingerprint density at radius 2 is 2.06 bits per heavy atom. The maximum atomic E-state index is 3.51. The van der Waals surface area contributed by atoms with Crippen molar-refractivity contribution in [3.05, 3.63) is 45.2 Å². The highest BCUT2D eigenvalue weighted by molar-refractivity contribution is 9.10. The number of halogens is 1. The Morgan fingerprint density at radius 3 is 2.82 bits per heavy atom. The lowest BCUT2D eigenvalue weighted by molar-refractivity contribution is 0.520. The van der Waals surface area contributed by atoms with E-state index < -0.39 is 0 Å². The third kappa shape index (κ3) is 2.32. The van der Waals surface area contributed by atoms with Gasteiger partial charge in [-0.15, -0.1) is 11.3 Å². The van der Waals surface area contributed by atoms with Crippen molar-refractivity contribution in [1.29, 1.82) is 0 Å². The van der Waals surface area contributed by atoms with Gasteiger partial charge >= 0.3 is 0 Å². The second kappa shape index (κ2) is 4.56. The van der Waals surface area contributed by atoms with Gasteiger partial charge in [-0.3, -0.25) is 0 Å². The molecule has 1 nitrogen and oxygen atoms in total. The van der Waals surface area contributed by atoms with Crippen LogP contribution in [0.2, 0.25) is 0 Å². The van der Waals surface area contributed by atoms with E-state index in [0.717, 1.165) is 17.4 Å². The van der Waals surface area contributed by atoms with Crippen LogP contribution in [0.1, 0.15) is 17.4 Å². The van der Waals surface area contributed by atoms with Gasteiger partial charge in [0.2, 0.25) is 0 Å². The molecule has 2 heterocycles. The molecule has 0 aliphatic carbocycles. The Labute approximate surface area is 114 Å². The number of thiophene rings is 1. The summed E-state index contributed by atoms with van der Waals surface area (Å²) < 4.78 is 1.14. The van der Waals surface area contributed by atoms with Crippen LogP contribution in [0.5, 0.6) is 0 Å². The maximum absolute atomic E-state index is 3.51. The highest BCUT2D eigenvalue weighted by Crippen LogP contribution is 2.34. The highest BCUT2D eigenvalue weighted by atomic mass is 79.9. The molecule has 3 rings (SSSR count). The largest absolute Gasteiger partial charge is 0.309 e. The molecule has 2 aromatic rings. The molecule has 0 bridgehead atoms. The molecule has 0 amide bonds. The van der Waals surface area contributed by atoms with Crippen LogP contribution in [0.3, 0.4) is 0 Å². The zero-order valence-corrected chi connectivity index (χ0v) is 12.1. The van der Waals surface area contributed by atoms with Crippen molar-refractivity contribution in [1.82, 2.24) is 5.32 Å². The minimum Gasteiger partial charge on any atom is -0.309 e. The smallest absolute Gasteiger partial charge is 0.0349 e. The third-order valence-electron chi connectivity index (χ3n) is 3.16. The van der Waals surface area contributed by atoms with E-state index in [4.69, 9.17) is 0 Å². The average Bonchev–Trinajstić information content (AvgIpc) is 2.72. The van der Waals surface area contributed by atoms with Gasteiger partial charge in [0, 0.05) is 26.8 Å². The van der Waals surface area contributed by atoms with Gasteiger partial charge in [0.05, 0.1) is 0 Å². The van der Waals surface area contributed by atoms with Crippen molar-refractivity contribution in [3.8, 4) is 10.4 Å². The highest BCUT2D eigenvalue weighted by Gasteiger charge is 2.17. The van der Waals surface area contributed by atoms with Crippen LogP contribution in [-0.2, 0) is 13.0 Å². The van der Waals surface area contributed by atoms with Gasteiger partial charge in [-0.25, -0.2) is 0 Å². The van der Waals surface area contributed by atoms with Crippen LogP contribution in [0.15, 0.2) is 34.8 Å². The van der Waals surface area contributed by atoms with Crippen LogP contribution < -0.4 is 5.32 Å². The maximum Gasteiger partial charge on any atom is 0.0349 e. The van der Waals surface area contributed by atoms with E-state index in [2.05, 4.69) is 58.5 Å². The first-order valence-electron chi connectivity index (χ1n) is 5.83. The van der Waals surface area contributed by atoms with Crippen molar-refractivity contribution < 1.29 is 0 Å². The monoisotopic (exact) mass is 307 g/mol. The molecule has 0 saturated heterocycles. The van der Waals surface area contributed by atoms with E-state index in [1.54, 1.807) is 0 Å². The van der Waals surface area contributed by atoms with Crippen LogP contribution >= 0.6 is 27.3 Å². The summed E-state index contributed by atoms with van der Waals surface area (Å²) in [6.45, 7) is 3.28. The summed E-state index contributed by atoms with van der Waals surface area (Å²) >= 11 is 5.39. The van der Waals surface area contributed by atoms with E-state index in [1.807, 2.05) is 11.3 Å². The molecule has 1 aliphatic rings. The molecule has 1 unspecified atom stereocenters. The Kier molecular flexibility index (Phi) is 3.07. The standard InChI is InChI=1S/C14H14BrNS/c1-9-6-11-7-13(17-14(11)8-16-9)10-2-4-12(15)5-3-10/h2-5,7,9,16H,6,8H2,1H3. The summed E-state index contributed by atoms with van der Waals surface area (Å²) in [5, 5.41) is 3.51. The molecule has 0 radical (unpaired) electrons. The van der Waals surface area contributed by atoms with E-state index >= 15 is 0 Å². The molecule has 1 aliphatic heterocycles. The van der Waals surface area contributed by atoms with E-state index in [-0.39, 0.29) is 0 Å². The number of rotatable bonds is 1.